The number of halogens is 3. The van der Waals surface area contributed by atoms with Gasteiger partial charge in [-0.3, -0.25) is 0 Å². The van der Waals surface area contributed by atoms with Crippen molar-refractivity contribution in [2.24, 2.45) is 0 Å². The Hall–Kier alpha value is -2.87. The standard InChI is InChI=1S/C25H31F3N4O/c1-4-20(6-5-13-29-16-18-7-10-21(33-3)11-8-18)32(2)24-22-14-19(15-25(26,27)28)9-12-23(22)30-17-31-24/h7-12,14,17,20,29H,4-6,13,15-16H2,1-3H3. The molecule has 0 fully saturated rings. The lowest BCUT2D eigenvalue weighted by atomic mass is 10.0. The van der Waals surface area contributed by atoms with E-state index in [1.54, 1.807) is 19.2 Å². The normalized spacial score (nSPS) is 12.7. The molecule has 8 heteroatoms. The molecule has 0 bridgehead atoms. The van der Waals surface area contributed by atoms with Gasteiger partial charge in [0.2, 0.25) is 0 Å². The Morgan fingerprint density at radius 3 is 2.45 bits per heavy atom. The van der Waals surface area contributed by atoms with Crippen molar-refractivity contribution in [1.29, 1.82) is 0 Å². The number of aromatic nitrogens is 2. The lowest BCUT2D eigenvalue weighted by Gasteiger charge is -2.29. The van der Waals surface area contributed by atoms with E-state index in [0.717, 1.165) is 38.1 Å². The number of methoxy groups -OCH3 is 1. The first-order valence-electron chi connectivity index (χ1n) is 11.2. The second-order valence-electron chi connectivity index (χ2n) is 8.18. The highest BCUT2D eigenvalue weighted by molar-refractivity contribution is 5.89. The van der Waals surface area contributed by atoms with Crippen LogP contribution in [0.1, 0.15) is 37.3 Å². The van der Waals surface area contributed by atoms with Gasteiger partial charge in [-0.2, -0.15) is 13.2 Å². The summed E-state index contributed by atoms with van der Waals surface area (Å²) in [6, 6.07) is 12.9. The first-order chi connectivity index (χ1) is 15.8. The van der Waals surface area contributed by atoms with Crippen molar-refractivity contribution in [2.75, 3.05) is 25.6 Å². The van der Waals surface area contributed by atoms with Gasteiger partial charge in [-0.1, -0.05) is 25.1 Å². The predicted octanol–water partition coefficient (Wildman–Crippen LogP) is 5.53. The molecule has 1 heterocycles. The molecule has 3 rings (SSSR count). The molecule has 0 radical (unpaired) electrons. The molecule has 33 heavy (non-hydrogen) atoms. The van der Waals surface area contributed by atoms with Crippen LogP contribution >= 0.6 is 0 Å². The number of ether oxygens (including phenoxy) is 1. The highest BCUT2D eigenvalue weighted by Crippen LogP contribution is 2.29. The van der Waals surface area contributed by atoms with Crippen molar-refractivity contribution < 1.29 is 17.9 Å². The number of anilines is 1. The lowest BCUT2D eigenvalue weighted by molar-refractivity contribution is -0.127. The quantitative estimate of drug-likeness (QED) is 0.382. The second-order valence-corrected chi connectivity index (χ2v) is 8.18. The zero-order valence-electron chi connectivity index (χ0n) is 19.3. The smallest absolute Gasteiger partial charge is 0.393 e. The molecular weight excluding hydrogens is 429 g/mol. The van der Waals surface area contributed by atoms with E-state index in [1.165, 1.54) is 18.0 Å². The van der Waals surface area contributed by atoms with E-state index in [-0.39, 0.29) is 11.6 Å². The van der Waals surface area contributed by atoms with Gasteiger partial charge in [-0.25, -0.2) is 9.97 Å². The van der Waals surface area contributed by atoms with E-state index in [9.17, 15) is 13.2 Å². The fourth-order valence-corrected chi connectivity index (χ4v) is 4.00. The van der Waals surface area contributed by atoms with Crippen LogP contribution in [0, 0.1) is 0 Å². The first-order valence-corrected chi connectivity index (χ1v) is 11.2. The number of nitrogens with zero attached hydrogens (tertiary/aromatic N) is 3. The molecule has 0 aliphatic rings. The monoisotopic (exact) mass is 460 g/mol. The average Bonchev–Trinajstić information content (AvgIpc) is 2.80. The SMILES string of the molecule is CCC(CCCNCc1ccc(OC)cc1)N(C)c1ncnc2ccc(CC(F)(F)F)cc12. The third kappa shape index (κ3) is 7.05. The molecule has 1 atom stereocenters. The molecule has 1 N–H and O–H groups in total. The van der Waals surface area contributed by atoms with Crippen molar-refractivity contribution in [3.63, 3.8) is 0 Å². The topological polar surface area (TPSA) is 50.3 Å². The van der Waals surface area contributed by atoms with Gasteiger partial charge < -0.3 is 15.0 Å². The van der Waals surface area contributed by atoms with Crippen LogP contribution in [-0.2, 0) is 13.0 Å². The van der Waals surface area contributed by atoms with Crippen LogP contribution in [0.15, 0.2) is 48.8 Å². The molecule has 1 unspecified atom stereocenters. The number of nitrogens with one attached hydrogen (secondary N) is 1. The molecule has 5 nitrogen and oxygen atoms in total. The Bertz CT molecular complexity index is 1020. The summed E-state index contributed by atoms with van der Waals surface area (Å²) in [6.45, 7) is 3.77. The Balaban J connectivity index is 1.60. The van der Waals surface area contributed by atoms with E-state index in [0.29, 0.717) is 16.7 Å². The minimum atomic E-state index is -4.25. The highest BCUT2D eigenvalue weighted by Gasteiger charge is 2.28. The minimum absolute atomic E-state index is 0.218. The Morgan fingerprint density at radius 1 is 1.06 bits per heavy atom. The van der Waals surface area contributed by atoms with E-state index < -0.39 is 12.6 Å². The van der Waals surface area contributed by atoms with Crippen molar-refractivity contribution in [3.8, 4) is 5.75 Å². The maximum absolute atomic E-state index is 12.9. The fourth-order valence-electron chi connectivity index (χ4n) is 4.00. The molecule has 0 amide bonds. The molecule has 3 aromatic rings. The first kappa shape index (κ1) is 24.8. The van der Waals surface area contributed by atoms with Crippen molar-refractivity contribution in [2.45, 2.75) is 51.4 Å². The van der Waals surface area contributed by atoms with Crippen LogP contribution in [0.3, 0.4) is 0 Å². The number of alkyl halides is 3. The Morgan fingerprint density at radius 2 is 1.79 bits per heavy atom. The molecule has 1 aromatic heterocycles. The zero-order valence-corrected chi connectivity index (χ0v) is 19.3. The third-order valence-corrected chi connectivity index (χ3v) is 5.82. The summed E-state index contributed by atoms with van der Waals surface area (Å²) < 4.78 is 43.8. The van der Waals surface area contributed by atoms with Gasteiger partial charge in [0.15, 0.2) is 0 Å². The molecule has 0 aliphatic heterocycles. The number of benzene rings is 2. The van der Waals surface area contributed by atoms with Crippen LogP contribution in [-0.4, -0.2) is 42.9 Å². The van der Waals surface area contributed by atoms with Crippen LogP contribution in [0.5, 0.6) is 5.75 Å². The Kier molecular flexibility index (Phi) is 8.49. The summed E-state index contributed by atoms with van der Waals surface area (Å²) in [5.41, 5.74) is 2.06. The van der Waals surface area contributed by atoms with Crippen LogP contribution < -0.4 is 15.0 Å². The largest absolute Gasteiger partial charge is 0.497 e. The summed E-state index contributed by atoms with van der Waals surface area (Å²) in [5.74, 6) is 1.51. The molecule has 2 aromatic carbocycles. The van der Waals surface area contributed by atoms with Gasteiger partial charge in [0, 0.05) is 25.0 Å². The average molecular weight is 461 g/mol. The summed E-state index contributed by atoms with van der Waals surface area (Å²) in [5, 5.41) is 4.12. The van der Waals surface area contributed by atoms with Gasteiger partial charge in [-0.15, -0.1) is 0 Å². The molecule has 0 spiro atoms. The summed E-state index contributed by atoms with van der Waals surface area (Å²) >= 11 is 0. The van der Waals surface area contributed by atoms with Gasteiger partial charge in [-0.05, 0) is 61.2 Å². The summed E-state index contributed by atoms with van der Waals surface area (Å²) in [4.78, 5) is 10.7. The Labute approximate surface area is 193 Å². The predicted molar refractivity (Wildman–Crippen MR) is 126 cm³/mol. The third-order valence-electron chi connectivity index (χ3n) is 5.82. The molecule has 0 saturated carbocycles. The van der Waals surface area contributed by atoms with Crippen LogP contribution in [0.2, 0.25) is 0 Å². The molecule has 178 valence electrons. The van der Waals surface area contributed by atoms with E-state index in [2.05, 4.69) is 27.1 Å². The minimum Gasteiger partial charge on any atom is -0.497 e. The van der Waals surface area contributed by atoms with Crippen molar-refractivity contribution in [3.05, 3.63) is 59.9 Å². The lowest BCUT2D eigenvalue weighted by Crippen LogP contribution is -2.32. The van der Waals surface area contributed by atoms with E-state index in [1.807, 2.05) is 31.3 Å². The van der Waals surface area contributed by atoms with Crippen LogP contribution in [0.25, 0.3) is 10.9 Å². The van der Waals surface area contributed by atoms with E-state index >= 15 is 0 Å². The zero-order chi connectivity index (χ0) is 23.8. The molecular formula is C25H31F3N4O. The van der Waals surface area contributed by atoms with Gasteiger partial charge in [0.05, 0.1) is 19.0 Å². The van der Waals surface area contributed by atoms with Crippen LogP contribution in [0.4, 0.5) is 19.0 Å². The summed E-state index contributed by atoms with van der Waals surface area (Å²) in [7, 11) is 3.61. The van der Waals surface area contributed by atoms with E-state index in [4.69, 9.17) is 4.74 Å². The molecule has 0 aliphatic carbocycles. The van der Waals surface area contributed by atoms with Crippen molar-refractivity contribution >= 4 is 16.7 Å². The number of hydrogen-bond donors (Lipinski definition) is 1. The van der Waals surface area contributed by atoms with Gasteiger partial charge in [0.25, 0.3) is 0 Å². The fraction of sp³-hybridized carbons (Fsp3) is 0.440. The maximum atomic E-state index is 12.9. The molecule has 0 saturated heterocycles. The number of fused-ring (bicyclic) bond motifs is 1. The number of rotatable bonds is 11. The summed E-state index contributed by atoms with van der Waals surface area (Å²) in [6.07, 6.45) is -0.917. The van der Waals surface area contributed by atoms with Crippen molar-refractivity contribution in [1.82, 2.24) is 15.3 Å². The highest BCUT2D eigenvalue weighted by atomic mass is 19.4. The number of hydrogen-bond acceptors (Lipinski definition) is 5. The van der Waals surface area contributed by atoms with Gasteiger partial charge in [0.1, 0.15) is 17.9 Å². The van der Waals surface area contributed by atoms with Gasteiger partial charge >= 0.3 is 6.18 Å². The second kappa shape index (κ2) is 11.3. The maximum Gasteiger partial charge on any atom is 0.393 e.